The molecule has 0 radical (unpaired) electrons. The number of aryl methyl sites for hydroxylation is 1. The zero-order valence-electron chi connectivity index (χ0n) is 19.1. The van der Waals surface area contributed by atoms with Gasteiger partial charge < -0.3 is 4.57 Å². The molecule has 1 fully saturated rings. The van der Waals surface area contributed by atoms with Crippen LogP contribution in [0.3, 0.4) is 0 Å². The lowest BCUT2D eigenvalue weighted by molar-refractivity contribution is -0.169. The molecule has 1 aliphatic carbocycles. The highest BCUT2D eigenvalue weighted by Gasteiger charge is 2.41. The SMILES string of the molecule is CCS(=O)(=NC(=O)C(F)(F)F)c1nn2c(C3CC3)ccnc2c1-c1nc2cc(C(F)(F)F)cnc2n1C. The number of fused-ring (bicyclic) bond motifs is 2. The van der Waals surface area contributed by atoms with Crippen LogP contribution in [-0.4, -0.2) is 51.2 Å². The zero-order valence-corrected chi connectivity index (χ0v) is 19.9. The second kappa shape index (κ2) is 8.22. The molecule has 5 rings (SSSR count). The highest BCUT2D eigenvalue weighted by atomic mass is 32.2. The van der Waals surface area contributed by atoms with Crippen molar-refractivity contribution in [2.45, 2.75) is 43.1 Å². The van der Waals surface area contributed by atoms with Crippen LogP contribution in [-0.2, 0) is 27.7 Å². The van der Waals surface area contributed by atoms with Crippen molar-refractivity contribution in [3.05, 3.63) is 35.8 Å². The monoisotopic (exact) mass is 545 g/mol. The summed E-state index contributed by atoms with van der Waals surface area (Å²) in [6.07, 6.45) is -6.36. The Morgan fingerprint density at radius 2 is 1.86 bits per heavy atom. The first-order chi connectivity index (χ1) is 17.2. The van der Waals surface area contributed by atoms with Gasteiger partial charge in [0.25, 0.3) is 0 Å². The van der Waals surface area contributed by atoms with Crippen molar-refractivity contribution >= 4 is 32.4 Å². The standard InChI is InChI=1S/C21H17F6N7O2S/c1-3-37(36,32-19(35)21(25,26)27)18-14(16-28-7-6-13(10-4-5-10)34(16)31-18)17-30-12-8-11(20(22,23)24)9-29-15(12)33(17)2/h6-10H,3-5H2,1-2H3. The normalized spacial score (nSPS) is 16.3. The third-order valence-electron chi connectivity index (χ3n) is 5.94. The van der Waals surface area contributed by atoms with Crippen LogP contribution >= 0.6 is 0 Å². The summed E-state index contributed by atoms with van der Waals surface area (Å²) in [7, 11) is -2.68. The van der Waals surface area contributed by atoms with E-state index in [9.17, 15) is 35.3 Å². The molecule has 1 atom stereocenters. The van der Waals surface area contributed by atoms with Crippen molar-refractivity contribution in [2.24, 2.45) is 11.4 Å². The molecule has 0 spiro atoms. The van der Waals surface area contributed by atoms with Crippen molar-refractivity contribution in [3.8, 4) is 11.4 Å². The van der Waals surface area contributed by atoms with Crippen molar-refractivity contribution in [2.75, 3.05) is 5.75 Å². The van der Waals surface area contributed by atoms with Gasteiger partial charge in [0, 0.05) is 36.8 Å². The van der Waals surface area contributed by atoms with E-state index in [1.165, 1.54) is 29.3 Å². The van der Waals surface area contributed by atoms with E-state index in [1.807, 2.05) is 0 Å². The van der Waals surface area contributed by atoms with E-state index in [1.54, 1.807) is 6.07 Å². The molecular weight excluding hydrogens is 528 g/mol. The number of hydrogen-bond acceptors (Lipinski definition) is 6. The summed E-state index contributed by atoms with van der Waals surface area (Å²) < 4.78 is 98.3. The van der Waals surface area contributed by atoms with E-state index >= 15 is 0 Å². The third kappa shape index (κ3) is 4.22. The number of pyridine rings is 1. The van der Waals surface area contributed by atoms with Crippen LogP contribution in [0.25, 0.3) is 28.2 Å². The fraction of sp³-hybridized carbons (Fsp3) is 0.381. The highest BCUT2D eigenvalue weighted by molar-refractivity contribution is 7.94. The van der Waals surface area contributed by atoms with Gasteiger partial charge in [-0.1, -0.05) is 6.92 Å². The second-order valence-electron chi connectivity index (χ2n) is 8.44. The van der Waals surface area contributed by atoms with Gasteiger partial charge in [-0.3, -0.25) is 4.79 Å². The number of amides is 1. The fourth-order valence-corrected chi connectivity index (χ4v) is 5.51. The van der Waals surface area contributed by atoms with Gasteiger partial charge in [-0.25, -0.2) is 23.7 Å². The van der Waals surface area contributed by atoms with Crippen LogP contribution in [0.1, 0.15) is 36.9 Å². The fourth-order valence-electron chi connectivity index (χ4n) is 3.94. The molecule has 9 nitrogen and oxygen atoms in total. The van der Waals surface area contributed by atoms with Gasteiger partial charge in [0.2, 0.25) is 0 Å². The molecular formula is C21H17F6N7O2S. The number of imidazole rings is 1. The Balaban J connectivity index is 1.85. The molecule has 0 N–H and O–H groups in total. The molecule has 37 heavy (non-hydrogen) atoms. The molecule has 1 aliphatic rings. The Bertz CT molecular complexity index is 1690. The van der Waals surface area contributed by atoms with Crippen LogP contribution < -0.4 is 0 Å². The summed E-state index contributed by atoms with van der Waals surface area (Å²) in [4.78, 5) is 24.1. The molecule has 196 valence electrons. The van der Waals surface area contributed by atoms with Crippen LogP contribution in [0.4, 0.5) is 26.3 Å². The molecule has 16 heteroatoms. The van der Waals surface area contributed by atoms with Gasteiger partial charge in [0.05, 0.1) is 11.1 Å². The quantitative estimate of drug-likeness (QED) is 0.350. The first-order valence-corrected chi connectivity index (χ1v) is 12.6. The van der Waals surface area contributed by atoms with E-state index in [4.69, 9.17) is 0 Å². The molecule has 1 amide bonds. The zero-order chi connectivity index (χ0) is 26.9. The molecule has 0 aromatic carbocycles. The van der Waals surface area contributed by atoms with E-state index in [0.29, 0.717) is 11.9 Å². The molecule has 0 bridgehead atoms. The minimum absolute atomic E-state index is 0.0259. The largest absolute Gasteiger partial charge is 0.474 e. The average molecular weight is 545 g/mol. The third-order valence-corrected chi connectivity index (χ3v) is 8.07. The molecule has 4 aromatic rings. The first kappa shape index (κ1) is 25.1. The Kier molecular flexibility index (Phi) is 5.58. The van der Waals surface area contributed by atoms with Crippen molar-refractivity contribution in [3.63, 3.8) is 0 Å². The number of carbonyl (C=O) groups excluding carboxylic acids is 1. The maximum Gasteiger partial charge on any atom is 0.474 e. The maximum absolute atomic E-state index is 13.8. The molecule has 0 aliphatic heterocycles. The number of rotatable bonds is 4. The first-order valence-electron chi connectivity index (χ1n) is 10.9. The molecule has 4 aromatic heterocycles. The Morgan fingerprint density at radius 3 is 2.46 bits per heavy atom. The summed E-state index contributed by atoms with van der Waals surface area (Å²) >= 11 is 0. The molecule has 1 unspecified atom stereocenters. The van der Waals surface area contributed by atoms with Gasteiger partial charge in [-0.15, -0.1) is 4.36 Å². The highest BCUT2D eigenvalue weighted by Crippen LogP contribution is 2.42. The van der Waals surface area contributed by atoms with Crippen LogP contribution in [0.15, 0.2) is 33.9 Å². The smallest absolute Gasteiger partial charge is 0.312 e. The van der Waals surface area contributed by atoms with Gasteiger partial charge in [0.15, 0.2) is 16.3 Å². The molecule has 0 saturated heterocycles. The summed E-state index contributed by atoms with van der Waals surface area (Å²) in [5.41, 5.74) is -0.595. The van der Waals surface area contributed by atoms with Crippen LogP contribution in [0.5, 0.6) is 0 Å². The van der Waals surface area contributed by atoms with Crippen LogP contribution in [0, 0.1) is 0 Å². The van der Waals surface area contributed by atoms with E-state index in [2.05, 4.69) is 24.4 Å². The number of aromatic nitrogens is 6. The van der Waals surface area contributed by atoms with E-state index in [-0.39, 0.29) is 34.1 Å². The topological polar surface area (TPSA) is 107 Å². The van der Waals surface area contributed by atoms with E-state index < -0.39 is 44.3 Å². The van der Waals surface area contributed by atoms with Crippen LogP contribution in [0.2, 0.25) is 0 Å². The minimum atomic E-state index is -5.37. The van der Waals surface area contributed by atoms with Gasteiger partial charge in [-0.05, 0) is 25.0 Å². The van der Waals surface area contributed by atoms with Gasteiger partial charge >= 0.3 is 18.3 Å². The Labute approximate surface area is 204 Å². The lowest BCUT2D eigenvalue weighted by atomic mass is 10.2. The lowest BCUT2D eigenvalue weighted by Gasteiger charge is -2.08. The number of hydrogen-bond donors (Lipinski definition) is 0. The summed E-state index contributed by atoms with van der Waals surface area (Å²) in [5.74, 6) is -3.07. The minimum Gasteiger partial charge on any atom is -0.312 e. The van der Waals surface area contributed by atoms with Gasteiger partial charge in [0.1, 0.15) is 21.1 Å². The van der Waals surface area contributed by atoms with E-state index in [0.717, 1.165) is 18.9 Å². The van der Waals surface area contributed by atoms with Crippen molar-refractivity contribution < 1.29 is 35.3 Å². The Morgan fingerprint density at radius 1 is 1.16 bits per heavy atom. The predicted molar refractivity (Wildman–Crippen MR) is 118 cm³/mol. The number of alkyl halides is 6. The van der Waals surface area contributed by atoms with Crippen molar-refractivity contribution in [1.29, 1.82) is 0 Å². The summed E-state index contributed by atoms with van der Waals surface area (Å²) in [6.45, 7) is 1.28. The predicted octanol–water partition coefficient (Wildman–Crippen LogP) is 4.51. The Hall–Kier alpha value is -3.56. The second-order valence-corrected chi connectivity index (χ2v) is 10.9. The number of nitrogens with zero attached hydrogens (tertiary/aromatic N) is 7. The lowest BCUT2D eigenvalue weighted by Crippen LogP contribution is -2.23. The average Bonchev–Trinajstić information content (AvgIpc) is 3.52. The van der Waals surface area contributed by atoms with Gasteiger partial charge in [-0.2, -0.15) is 31.4 Å². The molecule has 1 saturated carbocycles. The summed E-state index contributed by atoms with van der Waals surface area (Å²) in [6, 6.07) is 2.43. The summed E-state index contributed by atoms with van der Waals surface area (Å²) in [5, 5.41) is 3.84. The maximum atomic E-state index is 13.8. The number of carbonyl (C=O) groups is 1. The van der Waals surface area contributed by atoms with Crippen molar-refractivity contribution in [1.82, 2.24) is 29.1 Å². The molecule has 4 heterocycles. The number of halogens is 6.